The maximum atomic E-state index is 11.6. The van der Waals surface area contributed by atoms with Crippen molar-refractivity contribution in [2.45, 2.75) is 6.92 Å². The third-order valence-electron chi connectivity index (χ3n) is 2.01. The van der Waals surface area contributed by atoms with Gasteiger partial charge in [0, 0.05) is 19.3 Å². The van der Waals surface area contributed by atoms with E-state index in [0.29, 0.717) is 23.9 Å². The molecule has 0 aliphatic carbocycles. The van der Waals surface area contributed by atoms with Gasteiger partial charge in [-0.2, -0.15) is 0 Å². The van der Waals surface area contributed by atoms with E-state index in [9.17, 15) is 9.59 Å². The van der Waals surface area contributed by atoms with Crippen LogP contribution in [-0.4, -0.2) is 31.2 Å². The summed E-state index contributed by atoms with van der Waals surface area (Å²) in [6.07, 6.45) is 0. The van der Waals surface area contributed by atoms with Crippen LogP contribution in [0, 0.1) is 6.92 Å². The monoisotopic (exact) mass is 244 g/mol. The van der Waals surface area contributed by atoms with E-state index < -0.39 is 11.5 Å². The van der Waals surface area contributed by atoms with Crippen molar-refractivity contribution in [3.63, 3.8) is 0 Å². The van der Waals surface area contributed by atoms with E-state index in [-0.39, 0.29) is 5.56 Å². The average Bonchev–Trinajstić information content (AvgIpc) is 2.23. The van der Waals surface area contributed by atoms with E-state index in [1.165, 1.54) is 13.2 Å². The Hall–Kier alpha value is -1.33. The van der Waals surface area contributed by atoms with Gasteiger partial charge in [0.2, 0.25) is 0 Å². The number of carbonyl (C=O) groups is 1. The standard InChI is InChI=1S/C10H13ClN2O3/c1-6-8(11)5-7(10(15)13-6)9(14)12-3-4-16-2/h5H,3-4H2,1-2H3,(H,12,14)(H,13,15). The van der Waals surface area contributed by atoms with Gasteiger partial charge in [-0.1, -0.05) is 11.6 Å². The third kappa shape index (κ3) is 3.08. The third-order valence-corrected chi connectivity index (χ3v) is 2.40. The summed E-state index contributed by atoms with van der Waals surface area (Å²) in [6.45, 7) is 2.40. The van der Waals surface area contributed by atoms with Crippen LogP contribution in [0.25, 0.3) is 0 Å². The predicted octanol–water partition coefficient (Wildman–Crippen LogP) is 0.713. The van der Waals surface area contributed by atoms with E-state index in [0.717, 1.165) is 0 Å². The summed E-state index contributed by atoms with van der Waals surface area (Å²) >= 11 is 5.82. The number of aromatic amines is 1. The minimum Gasteiger partial charge on any atom is -0.383 e. The van der Waals surface area contributed by atoms with E-state index in [4.69, 9.17) is 16.3 Å². The molecule has 0 saturated carbocycles. The van der Waals surface area contributed by atoms with Crippen molar-refractivity contribution in [2.24, 2.45) is 0 Å². The molecule has 1 aromatic heterocycles. The number of amides is 1. The molecule has 0 radical (unpaired) electrons. The number of ether oxygens (including phenoxy) is 1. The van der Waals surface area contributed by atoms with Gasteiger partial charge < -0.3 is 15.0 Å². The molecule has 0 bridgehead atoms. The number of rotatable bonds is 4. The van der Waals surface area contributed by atoms with Crippen molar-refractivity contribution in [3.05, 3.63) is 32.7 Å². The quantitative estimate of drug-likeness (QED) is 0.767. The lowest BCUT2D eigenvalue weighted by atomic mass is 10.2. The Labute approximate surface area is 97.8 Å². The van der Waals surface area contributed by atoms with Crippen LogP contribution in [0.15, 0.2) is 10.9 Å². The van der Waals surface area contributed by atoms with Gasteiger partial charge in [-0.25, -0.2) is 0 Å². The number of pyridine rings is 1. The van der Waals surface area contributed by atoms with Gasteiger partial charge in [0.25, 0.3) is 11.5 Å². The highest BCUT2D eigenvalue weighted by Gasteiger charge is 2.11. The smallest absolute Gasteiger partial charge is 0.261 e. The lowest BCUT2D eigenvalue weighted by molar-refractivity contribution is 0.0935. The molecule has 88 valence electrons. The zero-order valence-corrected chi connectivity index (χ0v) is 9.85. The Balaban J connectivity index is 2.84. The fourth-order valence-corrected chi connectivity index (χ4v) is 1.28. The van der Waals surface area contributed by atoms with E-state index in [2.05, 4.69) is 10.3 Å². The molecule has 16 heavy (non-hydrogen) atoms. The zero-order chi connectivity index (χ0) is 12.1. The number of H-pyrrole nitrogens is 1. The molecule has 2 N–H and O–H groups in total. The largest absolute Gasteiger partial charge is 0.383 e. The summed E-state index contributed by atoms with van der Waals surface area (Å²) in [7, 11) is 1.53. The molecule has 0 aromatic carbocycles. The SMILES string of the molecule is COCCNC(=O)c1cc(Cl)c(C)[nH]c1=O. The Morgan fingerprint density at radius 1 is 1.62 bits per heavy atom. The lowest BCUT2D eigenvalue weighted by Crippen LogP contribution is -2.32. The zero-order valence-electron chi connectivity index (χ0n) is 9.09. The molecule has 0 saturated heterocycles. The number of hydrogen-bond donors (Lipinski definition) is 2. The van der Waals surface area contributed by atoms with Crippen molar-refractivity contribution in [2.75, 3.05) is 20.3 Å². The molecule has 6 heteroatoms. The number of hydrogen-bond acceptors (Lipinski definition) is 3. The minimum atomic E-state index is -0.458. The summed E-state index contributed by atoms with van der Waals surface area (Å²) in [4.78, 5) is 25.5. The summed E-state index contributed by atoms with van der Waals surface area (Å²) in [6, 6.07) is 1.36. The van der Waals surface area contributed by atoms with Gasteiger partial charge in [0.15, 0.2) is 0 Å². The van der Waals surface area contributed by atoms with Crippen molar-refractivity contribution in [1.82, 2.24) is 10.3 Å². The fraction of sp³-hybridized carbons (Fsp3) is 0.400. The first-order valence-corrected chi connectivity index (χ1v) is 5.10. The van der Waals surface area contributed by atoms with Gasteiger partial charge >= 0.3 is 0 Å². The Bertz CT molecular complexity index is 442. The Morgan fingerprint density at radius 2 is 2.31 bits per heavy atom. The highest BCUT2D eigenvalue weighted by atomic mass is 35.5. The first-order chi connectivity index (χ1) is 7.56. The molecule has 1 amide bonds. The molecule has 1 aromatic rings. The topological polar surface area (TPSA) is 71.2 Å². The first-order valence-electron chi connectivity index (χ1n) is 4.73. The highest BCUT2D eigenvalue weighted by Crippen LogP contribution is 2.11. The van der Waals surface area contributed by atoms with Crippen molar-refractivity contribution in [3.8, 4) is 0 Å². The van der Waals surface area contributed by atoms with Crippen molar-refractivity contribution < 1.29 is 9.53 Å². The van der Waals surface area contributed by atoms with Gasteiger partial charge in [0.1, 0.15) is 5.56 Å². The fourth-order valence-electron chi connectivity index (χ4n) is 1.13. The molecule has 0 spiro atoms. The Kier molecular flexibility index (Phi) is 4.52. The number of halogens is 1. The second-order valence-corrected chi connectivity index (χ2v) is 3.64. The maximum Gasteiger partial charge on any atom is 0.261 e. The van der Waals surface area contributed by atoms with Crippen LogP contribution in [-0.2, 0) is 4.74 Å². The number of aryl methyl sites for hydroxylation is 1. The minimum absolute atomic E-state index is 0.00621. The van der Waals surface area contributed by atoms with Crippen LogP contribution in [0.5, 0.6) is 0 Å². The number of nitrogens with one attached hydrogen (secondary N) is 2. The number of methoxy groups -OCH3 is 1. The van der Waals surface area contributed by atoms with E-state index in [1.54, 1.807) is 6.92 Å². The lowest BCUT2D eigenvalue weighted by Gasteiger charge is -2.05. The summed E-state index contributed by atoms with van der Waals surface area (Å²) in [5.74, 6) is -0.458. The molecule has 5 nitrogen and oxygen atoms in total. The summed E-state index contributed by atoms with van der Waals surface area (Å²) < 4.78 is 4.77. The molecule has 0 unspecified atom stereocenters. The van der Waals surface area contributed by atoms with Crippen LogP contribution in [0.4, 0.5) is 0 Å². The normalized spacial score (nSPS) is 10.2. The van der Waals surface area contributed by atoms with Gasteiger partial charge in [-0.3, -0.25) is 9.59 Å². The second-order valence-electron chi connectivity index (χ2n) is 3.23. The summed E-state index contributed by atoms with van der Waals surface area (Å²) in [5, 5.41) is 2.90. The average molecular weight is 245 g/mol. The Morgan fingerprint density at radius 3 is 2.94 bits per heavy atom. The number of carbonyl (C=O) groups excluding carboxylic acids is 1. The van der Waals surface area contributed by atoms with E-state index in [1.807, 2.05) is 0 Å². The molecular weight excluding hydrogens is 232 g/mol. The first kappa shape index (κ1) is 12.7. The van der Waals surface area contributed by atoms with Crippen LogP contribution >= 0.6 is 11.6 Å². The molecule has 1 rings (SSSR count). The molecular formula is C10H13ClN2O3. The molecule has 0 aliphatic rings. The highest BCUT2D eigenvalue weighted by molar-refractivity contribution is 6.31. The van der Waals surface area contributed by atoms with Gasteiger partial charge in [0.05, 0.1) is 11.6 Å². The molecule has 0 atom stereocenters. The van der Waals surface area contributed by atoms with Crippen LogP contribution in [0.3, 0.4) is 0 Å². The predicted molar refractivity (Wildman–Crippen MR) is 61.0 cm³/mol. The van der Waals surface area contributed by atoms with E-state index >= 15 is 0 Å². The number of aromatic nitrogens is 1. The maximum absolute atomic E-state index is 11.6. The van der Waals surface area contributed by atoms with Crippen LogP contribution in [0.1, 0.15) is 16.1 Å². The molecule has 0 fully saturated rings. The van der Waals surface area contributed by atoms with Crippen LogP contribution in [0.2, 0.25) is 5.02 Å². The molecule has 1 heterocycles. The van der Waals surface area contributed by atoms with Crippen molar-refractivity contribution in [1.29, 1.82) is 0 Å². The van der Waals surface area contributed by atoms with Crippen molar-refractivity contribution >= 4 is 17.5 Å². The van der Waals surface area contributed by atoms with Crippen LogP contribution < -0.4 is 10.9 Å². The van der Waals surface area contributed by atoms with Gasteiger partial charge in [-0.05, 0) is 13.0 Å². The van der Waals surface area contributed by atoms with Gasteiger partial charge in [-0.15, -0.1) is 0 Å². The summed E-state index contributed by atoms with van der Waals surface area (Å²) in [5.41, 5.74) is 0.101. The second kappa shape index (κ2) is 5.67. The molecule has 0 aliphatic heterocycles.